The zero-order chi connectivity index (χ0) is 15.9. The molecule has 0 aliphatic rings. The van der Waals surface area contributed by atoms with Crippen LogP contribution in [0.1, 0.15) is 15.9 Å². The molecule has 0 saturated heterocycles. The first kappa shape index (κ1) is 16.5. The number of carbonyl (C=O) groups is 1. The molecule has 5 nitrogen and oxygen atoms in total. The van der Waals surface area contributed by atoms with Gasteiger partial charge in [-0.2, -0.15) is 0 Å². The van der Waals surface area contributed by atoms with Crippen molar-refractivity contribution in [2.24, 2.45) is 0 Å². The Morgan fingerprint density at radius 1 is 1.32 bits per heavy atom. The number of hydrogen-bond donors (Lipinski definition) is 2. The highest BCUT2D eigenvalue weighted by molar-refractivity contribution is 9.10. The van der Waals surface area contributed by atoms with Gasteiger partial charge in [-0.15, -0.1) is 0 Å². The van der Waals surface area contributed by atoms with E-state index in [1.807, 2.05) is 25.1 Å². The summed E-state index contributed by atoms with van der Waals surface area (Å²) in [5.41, 5.74) is 2.62. The Labute approximate surface area is 138 Å². The lowest BCUT2D eigenvalue weighted by Gasteiger charge is -2.08. The molecule has 1 aromatic heterocycles. The van der Waals surface area contributed by atoms with E-state index >= 15 is 0 Å². The number of aromatic nitrogens is 1. The minimum Gasteiger partial charge on any atom is -0.383 e. The molecular weight excluding hydrogens is 346 g/mol. The summed E-state index contributed by atoms with van der Waals surface area (Å²) in [4.78, 5) is 16.1. The largest absolute Gasteiger partial charge is 0.383 e. The topological polar surface area (TPSA) is 63.2 Å². The molecule has 0 atom stereocenters. The predicted molar refractivity (Wildman–Crippen MR) is 90.6 cm³/mol. The summed E-state index contributed by atoms with van der Waals surface area (Å²) < 4.78 is 5.92. The summed E-state index contributed by atoms with van der Waals surface area (Å²) in [5, 5.41) is 5.95. The maximum Gasteiger partial charge on any atom is 0.252 e. The van der Waals surface area contributed by atoms with Crippen molar-refractivity contribution >= 4 is 33.3 Å². The van der Waals surface area contributed by atoms with Crippen molar-refractivity contribution in [3.05, 3.63) is 52.1 Å². The van der Waals surface area contributed by atoms with Crippen LogP contribution in [-0.4, -0.2) is 31.2 Å². The standard InChI is InChI=1S/C16H18BrN3O2/c1-11-3-5-13(9-14(11)17)20-15-6-4-12(10-19-15)16(21)18-7-8-22-2/h3-6,9-10H,7-8H2,1-2H3,(H,18,21)(H,19,20). The minimum atomic E-state index is -0.158. The lowest BCUT2D eigenvalue weighted by Crippen LogP contribution is -2.26. The van der Waals surface area contributed by atoms with Gasteiger partial charge >= 0.3 is 0 Å². The van der Waals surface area contributed by atoms with Crippen molar-refractivity contribution in [2.75, 3.05) is 25.6 Å². The number of nitrogens with zero attached hydrogens (tertiary/aromatic N) is 1. The fourth-order valence-electron chi connectivity index (χ4n) is 1.79. The number of methoxy groups -OCH3 is 1. The number of rotatable bonds is 6. The molecule has 2 aromatic rings. The Bertz CT molecular complexity index is 644. The Hall–Kier alpha value is -1.92. The number of pyridine rings is 1. The van der Waals surface area contributed by atoms with Crippen molar-refractivity contribution in [3.8, 4) is 0 Å². The van der Waals surface area contributed by atoms with E-state index in [1.165, 1.54) is 5.56 Å². The summed E-state index contributed by atoms with van der Waals surface area (Å²) in [6.07, 6.45) is 1.55. The maximum absolute atomic E-state index is 11.8. The van der Waals surface area contributed by atoms with Gasteiger partial charge in [0.15, 0.2) is 0 Å². The average Bonchev–Trinajstić information content (AvgIpc) is 2.52. The first-order valence-electron chi connectivity index (χ1n) is 6.86. The van der Waals surface area contributed by atoms with Crippen LogP contribution in [0.4, 0.5) is 11.5 Å². The van der Waals surface area contributed by atoms with E-state index < -0.39 is 0 Å². The van der Waals surface area contributed by atoms with Gasteiger partial charge in [0.25, 0.3) is 5.91 Å². The quantitative estimate of drug-likeness (QED) is 0.773. The summed E-state index contributed by atoms with van der Waals surface area (Å²) >= 11 is 3.50. The van der Waals surface area contributed by atoms with E-state index in [9.17, 15) is 4.79 Å². The van der Waals surface area contributed by atoms with Crippen LogP contribution in [0.5, 0.6) is 0 Å². The van der Waals surface area contributed by atoms with Crippen molar-refractivity contribution in [1.82, 2.24) is 10.3 Å². The molecular formula is C16H18BrN3O2. The molecule has 0 saturated carbocycles. The van der Waals surface area contributed by atoms with Gasteiger partial charge in [-0.25, -0.2) is 4.98 Å². The molecule has 0 bridgehead atoms. The third-order valence-electron chi connectivity index (χ3n) is 3.06. The first-order valence-corrected chi connectivity index (χ1v) is 7.66. The zero-order valence-corrected chi connectivity index (χ0v) is 14.1. The van der Waals surface area contributed by atoms with Gasteiger partial charge in [0.1, 0.15) is 5.82 Å². The van der Waals surface area contributed by atoms with Crippen LogP contribution in [0.25, 0.3) is 0 Å². The molecule has 1 heterocycles. The number of ether oxygens (including phenoxy) is 1. The molecule has 1 aromatic carbocycles. The second-order valence-electron chi connectivity index (χ2n) is 4.77. The summed E-state index contributed by atoms with van der Waals surface area (Å²) in [7, 11) is 1.59. The molecule has 2 N–H and O–H groups in total. The fraction of sp³-hybridized carbons (Fsp3) is 0.250. The third kappa shape index (κ3) is 4.54. The van der Waals surface area contributed by atoms with Gasteiger partial charge in [0.2, 0.25) is 0 Å². The highest BCUT2D eigenvalue weighted by Crippen LogP contribution is 2.22. The Morgan fingerprint density at radius 3 is 2.77 bits per heavy atom. The Balaban J connectivity index is 1.99. The predicted octanol–water partition coefficient (Wildman–Crippen LogP) is 3.27. The van der Waals surface area contributed by atoms with Crippen molar-refractivity contribution in [3.63, 3.8) is 0 Å². The molecule has 0 aliphatic heterocycles. The van der Waals surface area contributed by atoms with Crippen LogP contribution < -0.4 is 10.6 Å². The van der Waals surface area contributed by atoms with Gasteiger partial charge in [0, 0.05) is 30.0 Å². The number of hydrogen-bond acceptors (Lipinski definition) is 4. The van der Waals surface area contributed by atoms with Crippen molar-refractivity contribution in [2.45, 2.75) is 6.92 Å². The molecule has 6 heteroatoms. The lowest BCUT2D eigenvalue weighted by molar-refractivity contribution is 0.0937. The highest BCUT2D eigenvalue weighted by atomic mass is 79.9. The number of aryl methyl sites for hydroxylation is 1. The normalized spacial score (nSPS) is 10.3. The van der Waals surface area contributed by atoms with E-state index in [2.05, 4.69) is 31.5 Å². The van der Waals surface area contributed by atoms with Crippen LogP contribution in [0, 0.1) is 6.92 Å². The number of amides is 1. The summed E-state index contributed by atoms with van der Waals surface area (Å²) in [5.74, 6) is 0.526. The van der Waals surface area contributed by atoms with Gasteiger partial charge in [-0.3, -0.25) is 4.79 Å². The third-order valence-corrected chi connectivity index (χ3v) is 3.92. The van der Waals surface area contributed by atoms with Crippen molar-refractivity contribution < 1.29 is 9.53 Å². The fourth-order valence-corrected chi connectivity index (χ4v) is 2.17. The van der Waals surface area contributed by atoms with Crippen LogP contribution in [-0.2, 0) is 4.74 Å². The second kappa shape index (κ2) is 7.91. The van der Waals surface area contributed by atoms with Gasteiger partial charge in [-0.05, 0) is 36.8 Å². The monoisotopic (exact) mass is 363 g/mol. The first-order chi connectivity index (χ1) is 10.6. The molecule has 1 amide bonds. The van der Waals surface area contributed by atoms with E-state index in [0.29, 0.717) is 24.5 Å². The number of benzene rings is 1. The summed E-state index contributed by atoms with van der Waals surface area (Å²) in [6, 6.07) is 9.50. The number of nitrogens with one attached hydrogen (secondary N) is 2. The SMILES string of the molecule is COCCNC(=O)c1ccc(Nc2ccc(C)c(Br)c2)nc1. The highest BCUT2D eigenvalue weighted by Gasteiger charge is 2.06. The molecule has 0 radical (unpaired) electrons. The van der Waals surface area contributed by atoms with E-state index in [4.69, 9.17) is 4.74 Å². The van der Waals surface area contributed by atoms with Gasteiger partial charge < -0.3 is 15.4 Å². The zero-order valence-electron chi connectivity index (χ0n) is 12.5. The molecule has 116 valence electrons. The van der Waals surface area contributed by atoms with Gasteiger partial charge in [0.05, 0.1) is 12.2 Å². The number of carbonyl (C=O) groups excluding carboxylic acids is 1. The Morgan fingerprint density at radius 2 is 2.14 bits per heavy atom. The molecule has 0 spiro atoms. The molecule has 0 fully saturated rings. The summed E-state index contributed by atoms with van der Waals surface area (Å²) in [6.45, 7) is 3.00. The smallest absolute Gasteiger partial charge is 0.252 e. The van der Waals surface area contributed by atoms with Crippen LogP contribution in [0.2, 0.25) is 0 Å². The van der Waals surface area contributed by atoms with Crippen LogP contribution in [0.15, 0.2) is 41.0 Å². The van der Waals surface area contributed by atoms with E-state index in [1.54, 1.807) is 25.4 Å². The minimum absolute atomic E-state index is 0.158. The second-order valence-corrected chi connectivity index (χ2v) is 5.62. The Kier molecular flexibility index (Phi) is 5.91. The average molecular weight is 364 g/mol. The maximum atomic E-state index is 11.8. The van der Waals surface area contributed by atoms with Crippen molar-refractivity contribution in [1.29, 1.82) is 0 Å². The lowest BCUT2D eigenvalue weighted by atomic mass is 10.2. The van der Waals surface area contributed by atoms with E-state index in [-0.39, 0.29) is 5.91 Å². The molecule has 2 rings (SSSR count). The van der Waals surface area contributed by atoms with Crippen LogP contribution >= 0.6 is 15.9 Å². The number of halogens is 1. The molecule has 0 unspecified atom stereocenters. The van der Waals surface area contributed by atoms with Crippen LogP contribution in [0.3, 0.4) is 0 Å². The number of anilines is 2. The van der Waals surface area contributed by atoms with E-state index in [0.717, 1.165) is 10.2 Å². The molecule has 0 aliphatic carbocycles. The van der Waals surface area contributed by atoms with Gasteiger partial charge in [-0.1, -0.05) is 22.0 Å². The molecule has 22 heavy (non-hydrogen) atoms.